The summed E-state index contributed by atoms with van der Waals surface area (Å²) in [5.41, 5.74) is 4.25. The fourth-order valence-electron chi connectivity index (χ4n) is 3.16. The van der Waals surface area contributed by atoms with Crippen LogP contribution in [-0.2, 0) is 6.42 Å². The van der Waals surface area contributed by atoms with Gasteiger partial charge in [0, 0.05) is 18.7 Å². The maximum Gasteiger partial charge on any atom is 0.0450 e. The molecule has 1 fully saturated rings. The average molecular weight is 243 g/mol. The van der Waals surface area contributed by atoms with E-state index in [1.54, 1.807) is 0 Å². The van der Waals surface area contributed by atoms with E-state index in [-0.39, 0.29) is 0 Å². The molecule has 2 rings (SSSR count). The first-order valence-corrected chi connectivity index (χ1v) is 7.41. The molecule has 0 bridgehead atoms. The van der Waals surface area contributed by atoms with Crippen LogP contribution in [0.3, 0.4) is 0 Å². The zero-order chi connectivity index (χ0) is 12.8. The zero-order valence-corrected chi connectivity index (χ0v) is 11.8. The SMILES string of the molecule is CCCc1ccccc1C(=NC)C1CCCCC1. The van der Waals surface area contributed by atoms with Gasteiger partial charge in [-0.1, -0.05) is 56.9 Å². The summed E-state index contributed by atoms with van der Waals surface area (Å²) in [7, 11) is 1.96. The largest absolute Gasteiger partial charge is 0.292 e. The minimum atomic E-state index is 0.696. The molecule has 0 unspecified atom stereocenters. The van der Waals surface area contributed by atoms with Gasteiger partial charge < -0.3 is 0 Å². The van der Waals surface area contributed by atoms with E-state index < -0.39 is 0 Å². The van der Waals surface area contributed by atoms with Crippen molar-refractivity contribution in [3.8, 4) is 0 Å². The summed E-state index contributed by atoms with van der Waals surface area (Å²) < 4.78 is 0. The monoisotopic (exact) mass is 243 g/mol. The topological polar surface area (TPSA) is 12.4 Å². The Kier molecular flexibility index (Phi) is 4.98. The molecular weight excluding hydrogens is 218 g/mol. The molecule has 0 radical (unpaired) electrons. The molecule has 0 spiro atoms. The van der Waals surface area contributed by atoms with Gasteiger partial charge in [-0.2, -0.15) is 0 Å². The Labute approximate surface area is 111 Å². The maximum absolute atomic E-state index is 4.64. The van der Waals surface area contributed by atoms with Crippen LogP contribution in [0.15, 0.2) is 29.3 Å². The highest BCUT2D eigenvalue weighted by Gasteiger charge is 2.21. The van der Waals surface area contributed by atoms with E-state index in [9.17, 15) is 0 Å². The number of hydrogen-bond acceptors (Lipinski definition) is 1. The van der Waals surface area contributed by atoms with Crippen LogP contribution in [0.2, 0.25) is 0 Å². The Bertz CT molecular complexity index is 400. The molecule has 0 aliphatic heterocycles. The van der Waals surface area contributed by atoms with E-state index in [1.807, 2.05) is 7.05 Å². The van der Waals surface area contributed by atoms with Gasteiger partial charge in [-0.05, 0) is 30.4 Å². The van der Waals surface area contributed by atoms with Gasteiger partial charge in [0.1, 0.15) is 0 Å². The number of aliphatic imine (C=N–C) groups is 1. The first kappa shape index (κ1) is 13.3. The van der Waals surface area contributed by atoms with Crippen molar-refractivity contribution in [3.63, 3.8) is 0 Å². The van der Waals surface area contributed by atoms with Gasteiger partial charge in [0.25, 0.3) is 0 Å². The fraction of sp³-hybridized carbons (Fsp3) is 0.588. The Morgan fingerprint density at radius 2 is 1.89 bits per heavy atom. The maximum atomic E-state index is 4.64. The molecule has 1 saturated carbocycles. The third-order valence-electron chi connectivity index (χ3n) is 4.05. The van der Waals surface area contributed by atoms with E-state index >= 15 is 0 Å². The first-order chi connectivity index (χ1) is 8.86. The summed E-state index contributed by atoms with van der Waals surface area (Å²) in [4.78, 5) is 4.64. The Balaban J connectivity index is 2.26. The standard InChI is InChI=1S/C17H25N/c1-3-9-14-10-7-8-13-16(14)17(18-2)15-11-5-4-6-12-15/h7-8,10,13,15H,3-6,9,11-12H2,1-2H3. The van der Waals surface area contributed by atoms with Gasteiger partial charge in [0.15, 0.2) is 0 Å². The van der Waals surface area contributed by atoms with Crippen LogP contribution in [0.1, 0.15) is 56.6 Å². The smallest absolute Gasteiger partial charge is 0.0450 e. The number of hydrogen-bond donors (Lipinski definition) is 0. The molecule has 1 heteroatoms. The van der Waals surface area contributed by atoms with Gasteiger partial charge in [0.05, 0.1) is 0 Å². The van der Waals surface area contributed by atoms with E-state index in [4.69, 9.17) is 0 Å². The molecule has 1 aromatic carbocycles. The molecule has 0 saturated heterocycles. The molecule has 0 atom stereocenters. The van der Waals surface area contributed by atoms with Gasteiger partial charge in [0.2, 0.25) is 0 Å². The highest BCUT2D eigenvalue weighted by atomic mass is 14.7. The fourth-order valence-corrected chi connectivity index (χ4v) is 3.16. The van der Waals surface area contributed by atoms with Crippen molar-refractivity contribution in [1.29, 1.82) is 0 Å². The van der Waals surface area contributed by atoms with E-state index in [2.05, 4.69) is 36.2 Å². The number of nitrogens with zero attached hydrogens (tertiary/aromatic N) is 1. The molecule has 18 heavy (non-hydrogen) atoms. The van der Waals surface area contributed by atoms with Gasteiger partial charge in [-0.25, -0.2) is 0 Å². The van der Waals surface area contributed by atoms with Crippen molar-refractivity contribution in [1.82, 2.24) is 0 Å². The molecule has 0 heterocycles. The predicted molar refractivity (Wildman–Crippen MR) is 79.5 cm³/mol. The van der Waals surface area contributed by atoms with Crippen LogP contribution < -0.4 is 0 Å². The summed E-state index contributed by atoms with van der Waals surface area (Å²) in [5.74, 6) is 0.696. The number of aryl methyl sites for hydroxylation is 1. The summed E-state index contributed by atoms with van der Waals surface area (Å²) >= 11 is 0. The van der Waals surface area contributed by atoms with E-state index in [1.165, 1.54) is 61.8 Å². The second-order valence-electron chi connectivity index (χ2n) is 5.35. The second kappa shape index (κ2) is 6.72. The molecule has 98 valence electrons. The predicted octanol–water partition coefficient (Wildman–Crippen LogP) is 4.64. The van der Waals surface area contributed by atoms with Crippen molar-refractivity contribution in [3.05, 3.63) is 35.4 Å². The summed E-state index contributed by atoms with van der Waals surface area (Å²) in [5, 5.41) is 0. The van der Waals surface area contributed by atoms with Crippen LogP contribution in [-0.4, -0.2) is 12.8 Å². The lowest BCUT2D eigenvalue weighted by molar-refractivity contribution is 0.439. The molecule has 0 amide bonds. The van der Waals surface area contributed by atoms with Crippen molar-refractivity contribution in [2.75, 3.05) is 7.05 Å². The van der Waals surface area contributed by atoms with Crippen molar-refractivity contribution in [2.24, 2.45) is 10.9 Å². The van der Waals surface area contributed by atoms with Gasteiger partial charge in [-0.15, -0.1) is 0 Å². The Hall–Kier alpha value is -1.11. The number of rotatable bonds is 4. The minimum Gasteiger partial charge on any atom is -0.292 e. The molecule has 1 aliphatic carbocycles. The van der Waals surface area contributed by atoms with Crippen molar-refractivity contribution < 1.29 is 0 Å². The lowest BCUT2D eigenvalue weighted by atomic mass is 9.81. The molecular formula is C17H25N. The average Bonchev–Trinajstić information content (AvgIpc) is 2.43. The van der Waals surface area contributed by atoms with E-state index in [0.717, 1.165) is 0 Å². The van der Waals surface area contributed by atoms with Crippen LogP contribution >= 0.6 is 0 Å². The van der Waals surface area contributed by atoms with Crippen LogP contribution in [0.25, 0.3) is 0 Å². The third-order valence-corrected chi connectivity index (χ3v) is 4.05. The molecule has 1 aliphatic rings. The summed E-state index contributed by atoms with van der Waals surface area (Å²) in [6.45, 7) is 2.25. The van der Waals surface area contributed by atoms with Crippen LogP contribution in [0.5, 0.6) is 0 Å². The number of benzene rings is 1. The molecule has 1 aromatic rings. The van der Waals surface area contributed by atoms with Gasteiger partial charge in [-0.3, -0.25) is 4.99 Å². The Morgan fingerprint density at radius 1 is 1.17 bits per heavy atom. The molecule has 0 aromatic heterocycles. The first-order valence-electron chi connectivity index (χ1n) is 7.41. The lowest BCUT2D eigenvalue weighted by Crippen LogP contribution is -2.20. The lowest BCUT2D eigenvalue weighted by Gasteiger charge is -2.24. The van der Waals surface area contributed by atoms with Gasteiger partial charge >= 0.3 is 0 Å². The third kappa shape index (κ3) is 3.01. The summed E-state index contributed by atoms with van der Waals surface area (Å²) in [6, 6.07) is 8.85. The second-order valence-corrected chi connectivity index (χ2v) is 5.35. The van der Waals surface area contributed by atoms with Crippen molar-refractivity contribution in [2.45, 2.75) is 51.9 Å². The van der Waals surface area contributed by atoms with Crippen molar-refractivity contribution >= 4 is 5.71 Å². The normalized spacial score (nSPS) is 18.0. The Morgan fingerprint density at radius 3 is 2.56 bits per heavy atom. The van der Waals surface area contributed by atoms with Crippen LogP contribution in [0, 0.1) is 5.92 Å². The minimum absolute atomic E-state index is 0.696. The highest BCUT2D eigenvalue weighted by Crippen LogP contribution is 2.28. The van der Waals surface area contributed by atoms with Crippen LogP contribution in [0.4, 0.5) is 0 Å². The molecule has 0 N–H and O–H groups in total. The molecule has 1 nitrogen and oxygen atoms in total. The van der Waals surface area contributed by atoms with E-state index in [0.29, 0.717) is 5.92 Å². The summed E-state index contributed by atoms with van der Waals surface area (Å²) in [6.07, 6.45) is 9.18. The zero-order valence-electron chi connectivity index (χ0n) is 11.8. The highest BCUT2D eigenvalue weighted by molar-refractivity contribution is 6.03. The quantitative estimate of drug-likeness (QED) is 0.683.